The second kappa shape index (κ2) is 8.05. The highest BCUT2D eigenvalue weighted by Gasteiger charge is 2.35. The summed E-state index contributed by atoms with van der Waals surface area (Å²) in [6, 6.07) is 0.723. The quantitative estimate of drug-likeness (QED) is 0.688. The van der Waals surface area contributed by atoms with E-state index in [1.807, 2.05) is 0 Å². The van der Waals surface area contributed by atoms with Gasteiger partial charge in [0.05, 0.1) is 17.3 Å². The fourth-order valence-corrected chi connectivity index (χ4v) is 4.13. The van der Waals surface area contributed by atoms with Crippen molar-refractivity contribution in [3.05, 3.63) is 0 Å². The lowest BCUT2D eigenvalue weighted by molar-refractivity contribution is -0.117. The van der Waals surface area contributed by atoms with E-state index < -0.39 is 0 Å². The molecule has 0 spiro atoms. The van der Waals surface area contributed by atoms with Gasteiger partial charge in [-0.2, -0.15) is 0 Å². The summed E-state index contributed by atoms with van der Waals surface area (Å²) in [5.41, 5.74) is 0.0125. The van der Waals surface area contributed by atoms with Gasteiger partial charge in [-0.25, -0.2) is 0 Å². The summed E-state index contributed by atoms with van der Waals surface area (Å²) in [6.45, 7) is 18.8. The Morgan fingerprint density at radius 3 is 2.12 bits per heavy atom. The van der Waals surface area contributed by atoms with Crippen molar-refractivity contribution in [3.8, 4) is 0 Å². The molecule has 24 heavy (non-hydrogen) atoms. The molecular formula is C21H41NO2. The molecule has 3 nitrogen and oxygen atoms in total. The molecule has 0 aromatic carbocycles. The van der Waals surface area contributed by atoms with E-state index in [1.165, 1.54) is 45.2 Å². The highest BCUT2D eigenvalue weighted by molar-refractivity contribution is 4.87. The summed E-state index contributed by atoms with van der Waals surface area (Å²) in [4.78, 5) is 2.72. The maximum absolute atomic E-state index is 6.08. The molecule has 0 radical (unpaired) electrons. The van der Waals surface area contributed by atoms with Crippen molar-refractivity contribution >= 4 is 0 Å². The summed E-state index contributed by atoms with van der Waals surface area (Å²) < 4.78 is 12.0. The van der Waals surface area contributed by atoms with Gasteiger partial charge in [0, 0.05) is 19.2 Å². The van der Waals surface area contributed by atoms with Gasteiger partial charge in [0.1, 0.15) is 0 Å². The number of ether oxygens (including phenoxy) is 2. The number of nitrogens with zero attached hydrogens (tertiary/aromatic N) is 1. The molecule has 2 fully saturated rings. The predicted octanol–water partition coefficient (Wildman–Crippen LogP) is 4.89. The molecule has 2 atom stereocenters. The Kier molecular flexibility index (Phi) is 6.78. The topological polar surface area (TPSA) is 21.7 Å². The standard InChI is InChI=1S/C21H41NO2/c1-16-12-17(9-11-23-20(2,3)4)8-10-22(16)15-18-13-19(14-18)24-21(5,6)7/h16-19H,8-15H2,1-7H3/t16-,17+,18-,19-/m0/s1. The number of rotatable bonds is 6. The zero-order chi connectivity index (χ0) is 18.0. The van der Waals surface area contributed by atoms with Gasteiger partial charge in [-0.15, -0.1) is 0 Å². The van der Waals surface area contributed by atoms with Crippen LogP contribution in [0.4, 0.5) is 0 Å². The van der Waals surface area contributed by atoms with Crippen LogP contribution in [0.1, 0.15) is 80.6 Å². The van der Waals surface area contributed by atoms with Crippen LogP contribution >= 0.6 is 0 Å². The van der Waals surface area contributed by atoms with E-state index in [0.29, 0.717) is 6.10 Å². The normalized spacial score (nSPS) is 32.6. The zero-order valence-electron chi connectivity index (χ0n) is 17.2. The summed E-state index contributed by atoms with van der Waals surface area (Å²) in [7, 11) is 0. The molecule has 2 rings (SSSR count). The van der Waals surface area contributed by atoms with Crippen LogP contribution in [0.5, 0.6) is 0 Å². The Balaban J connectivity index is 1.62. The summed E-state index contributed by atoms with van der Waals surface area (Å²) in [5.74, 6) is 1.69. The molecule has 1 aliphatic carbocycles. The monoisotopic (exact) mass is 339 g/mol. The maximum atomic E-state index is 6.08. The highest BCUT2D eigenvalue weighted by Crippen LogP contribution is 2.35. The van der Waals surface area contributed by atoms with Gasteiger partial charge in [0.25, 0.3) is 0 Å². The number of hydrogen-bond acceptors (Lipinski definition) is 3. The minimum Gasteiger partial charge on any atom is -0.376 e. The number of piperidine rings is 1. The molecule has 2 aliphatic rings. The lowest BCUT2D eigenvalue weighted by Crippen LogP contribution is -2.48. The molecule has 0 bridgehead atoms. The van der Waals surface area contributed by atoms with E-state index in [1.54, 1.807) is 0 Å². The van der Waals surface area contributed by atoms with E-state index in [-0.39, 0.29) is 11.2 Å². The van der Waals surface area contributed by atoms with Crippen LogP contribution in [-0.4, -0.2) is 47.9 Å². The first-order chi connectivity index (χ1) is 11.0. The Morgan fingerprint density at radius 1 is 0.917 bits per heavy atom. The van der Waals surface area contributed by atoms with Crippen molar-refractivity contribution < 1.29 is 9.47 Å². The minimum atomic E-state index is 0.00219. The molecule has 142 valence electrons. The summed E-state index contributed by atoms with van der Waals surface area (Å²) >= 11 is 0. The number of likely N-dealkylation sites (tertiary alicyclic amines) is 1. The largest absolute Gasteiger partial charge is 0.376 e. The molecule has 0 aromatic rings. The zero-order valence-corrected chi connectivity index (χ0v) is 17.2. The Hall–Kier alpha value is -0.120. The van der Waals surface area contributed by atoms with E-state index in [4.69, 9.17) is 9.47 Å². The smallest absolute Gasteiger partial charge is 0.0602 e. The van der Waals surface area contributed by atoms with Crippen molar-refractivity contribution in [2.75, 3.05) is 19.7 Å². The van der Waals surface area contributed by atoms with Gasteiger partial charge in [-0.1, -0.05) is 0 Å². The lowest BCUT2D eigenvalue weighted by Gasteiger charge is -2.45. The molecule has 1 saturated heterocycles. The fourth-order valence-electron chi connectivity index (χ4n) is 4.13. The van der Waals surface area contributed by atoms with Crippen molar-refractivity contribution in [1.82, 2.24) is 4.90 Å². The van der Waals surface area contributed by atoms with Crippen LogP contribution in [-0.2, 0) is 9.47 Å². The molecular weight excluding hydrogens is 298 g/mol. The average molecular weight is 340 g/mol. The maximum Gasteiger partial charge on any atom is 0.0602 e. The molecule has 0 amide bonds. The van der Waals surface area contributed by atoms with Crippen LogP contribution in [0.3, 0.4) is 0 Å². The first kappa shape index (κ1) is 20.2. The molecule has 1 heterocycles. The molecule has 0 unspecified atom stereocenters. The van der Waals surface area contributed by atoms with Gasteiger partial charge in [-0.05, 0) is 99.0 Å². The lowest BCUT2D eigenvalue weighted by atomic mass is 9.80. The molecule has 1 saturated carbocycles. The van der Waals surface area contributed by atoms with Gasteiger partial charge >= 0.3 is 0 Å². The fraction of sp³-hybridized carbons (Fsp3) is 1.00. The van der Waals surface area contributed by atoms with E-state index in [9.17, 15) is 0 Å². The van der Waals surface area contributed by atoms with Crippen molar-refractivity contribution in [1.29, 1.82) is 0 Å². The van der Waals surface area contributed by atoms with Crippen molar-refractivity contribution in [3.63, 3.8) is 0 Å². The number of hydrogen-bond donors (Lipinski definition) is 0. The van der Waals surface area contributed by atoms with E-state index in [2.05, 4.69) is 53.4 Å². The Bertz CT molecular complexity index is 376. The third-order valence-corrected chi connectivity index (χ3v) is 5.39. The summed E-state index contributed by atoms with van der Waals surface area (Å²) in [5, 5.41) is 0. The van der Waals surface area contributed by atoms with Gasteiger partial charge < -0.3 is 14.4 Å². The van der Waals surface area contributed by atoms with E-state index >= 15 is 0 Å². The highest BCUT2D eigenvalue weighted by atomic mass is 16.5. The van der Waals surface area contributed by atoms with Crippen LogP contribution in [0.25, 0.3) is 0 Å². The van der Waals surface area contributed by atoms with Gasteiger partial charge in [-0.3, -0.25) is 0 Å². The van der Waals surface area contributed by atoms with Crippen LogP contribution in [0, 0.1) is 11.8 Å². The third kappa shape index (κ3) is 7.01. The molecule has 0 aromatic heterocycles. The first-order valence-electron chi connectivity index (χ1n) is 10.1. The van der Waals surface area contributed by atoms with Crippen LogP contribution in [0.15, 0.2) is 0 Å². The van der Waals surface area contributed by atoms with E-state index in [0.717, 1.165) is 24.5 Å². The first-order valence-corrected chi connectivity index (χ1v) is 10.1. The van der Waals surface area contributed by atoms with Gasteiger partial charge in [0.2, 0.25) is 0 Å². The molecule has 0 N–H and O–H groups in total. The third-order valence-electron chi connectivity index (χ3n) is 5.39. The SMILES string of the molecule is C[C@H]1C[C@@H](CCOC(C)(C)C)CCN1C[C@H]1C[C@H](OC(C)(C)C)C1. The Labute approximate surface area is 150 Å². The van der Waals surface area contributed by atoms with Crippen molar-refractivity contribution in [2.24, 2.45) is 11.8 Å². The minimum absolute atomic E-state index is 0.00219. The van der Waals surface area contributed by atoms with Crippen molar-refractivity contribution in [2.45, 2.75) is 104 Å². The Morgan fingerprint density at radius 2 is 1.58 bits per heavy atom. The van der Waals surface area contributed by atoms with Crippen LogP contribution < -0.4 is 0 Å². The molecule has 1 aliphatic heterocycles. The summed E-state index contributed by atoms with van der Waals surface area (Å²) in [6.07, 6.45) is 6.90. The molecule has 3 heteroatoms. The van der Waals surface area contributed by atoms with Crippen LogP contribution in [0.2, 0.25) is 0 Å². The van der Waals surface area contributed by atoms with Gasteiger partial charge in [0.15, 0.2) is 0 Å². The second-order valence-corrected chi connectivity index (χ2v) is 10.2. The predicted molar refractivity (Wildman–Crippen MR) is 101 cm³/mol. The average Bonchev–Trinajstić information content (AvgIpc) is 2.36. The second-order valence-electron chi connectivity index (χ2n) is 10.2.